The maximum absolute atomic E-state index is 6.04. The van der Waals surface area contributed by atoms with E-state index in [2.05, 4.69) is 18.5 Å². The Morgan fingerprint density at radius 3 is 2.44 bits per heavy atom. The fraction of sp³-hybridized carbons (Fsp3) is 0.538. The van der Waals surface area contributed by atoms with Gasteiger partial charge >= 0.3 is 0 Å². The number of benzene rings is 1. The van der Waals surface area contributed by atoms with Gasteiger partial charge in [0.05, 0.1) is 18.4 Å². The van der Waals surface area contributed by atoms with Crippen molar-refractivity contribution in [3.8, 4) is 0 Å². The molecular formula is C13H21N2O2P. The Morgan fingerprint density at radius 2 is 1.94 bits per heavy atom. The standard InChI is InChI=1S/C13H21N2O2P/c1-4-15(5-2)18(16-11-12(3)17-18)14-13-9-7-6-8-10-13/h6-10,12H,4-5,11H2,1-3H3. The highest BCUT2D eigenvalue weighted by atomic mass is 31.2. The first-order valence-corrected chi connectivity index (χ1v) is 7.99. The molecule has 1 aromatic carbocycles. The van der Waals surface area contributed by atoms with Crippen LogP contribution in [-0.4, -0.2) is 30.5 Å². The average molecular weight is 268 g/mol. The van der Waals surface area contributed by atoms with Gasteiger partial charge in [0.15, 0.2) is 0 Å². The van der Waals surface area contributed by atoms with Crippen LogP contribution in [0.3, 0.4) is 0 Å². The molecular weight excluding hydrogens is 247 g/mol. The van der Waals surface area contributed by atoms with Gasteiger partial charge in [-0.05, 0) is 19.1 Å². The zero-order valence-corrected chi connectivity index (χ0v) is 12.1. The molecule has 0 saturated carbocycles. The van der Waals surface area contributed by atoms with Crippen molar-refractivity contribution in [1.29, 1.82) is 0 Å². The van der Waals surface area contributed by atoms with Crippen LogP contribution in [0.1, 0.15) is 20.8 Å². The Labute approximate surface area is 109 Å². The van der Waals surface area contributed by atoms with E-state index < -0.39 is 7.66 Å². The molecule has 0 spiro atoms. The van der Waals surface area contributed by atoms with E-state index in [0.29, 0.717) is 6.61 Å². The van der Waals surface area contributed by atoms with Crippen molar-refractivity contribution in [2.75, 3.05) is 19.7 Å². The largest absolute Gasteiger partial charge is 0.309 e. The van der Waals surface area contributed by atoms with Crippen LogP contribution < -0.4 is 0 Å². The second-order valence-corrected chi connectivity index (χ2v) is 6.49. The van der Waals surface area contributed by atoms with Crippen molar-refractivity contribution in [3.63, 3.8) is 0 Å². The monoisotopic (exact) mass is 268 g/mol. The molecule has 0 N–H and O–H groups in total. The van der Waals surface area contributed by atoms with E-state index in [-0.39, 0.29) is 6.10 Å². The Balaban J connectivity index is 2.40. The molecule has 18 heavy (non-hydrogen) atoms. The summed E-state index contributed by atoms with van der Waals surface area (Å²) in [5, 5.41) is 0. The van der Waals surface area contributed by atoms with Crippen molar-refractivity contribution in [2.45, 2.75) is 26.9 Å². The quantitative estimate of drug-likeness (QED) is 0.773. The second kappa shape index (κ2) is 5.98. The molecule has 100 valence electrons. The summed E-state index contributed by atoms with van der Waals surface area (Å²) in [4.78, 5) is 0. The summed E-state index contributed by atoms with van der Waals surface area (Å²) in [5.41, 5.74) is 0.923. The molecule has 1 heterocycles. The minimum absolute atomic E-state index is 0.117. The molecule has 4 nitrogen and oxygen atoms in total. The van der Waals surface area contributed by atoms with Gasteiger partial charge in [0, 0.05) is 13.1 Å². The minimum Gasteiger partial charge on any atom is -0.309 e. The van der Waals surface area contributed by atoms with Gasteiger partial charge in [0.1, 0.15) is 0 Å². The van der Waals surface area contributed by atoms with Gasteiger partial charge in [-0.15, -0.1) is 0 Å². The van der Waals surface area contributed by atoms with Crippen molar-refractivity contribution in [3.05, 3.63) is 30.3 Å². The summed E-state index contributed by atoms with van der Waals surface area (Å²) in [6.45, 7) is 8.65. The average Bonchev–Trinajstić information content (AvgIpc) is 2.74. The van der Waals surface area contributed by atoms with E-state index in [0.717, 1.165) is 18.8 Å². The Morgan fingerprint density at radius 1 is 1.28 bits per heavy atom. The summed E-state index contributed by atoms with van der Waals surface area (Å²) in [7, 11) is -2.28. The Kier molecular flexibility index (Phi) is 4.57. The van der Waals surface area contributed by atoms with Gasteiger partial charge in [0.25, 0.3) is 7.66 Å². The molecule has 0 radical (unpaired) electrons. The molecule has 1 aliphatic rings. The second-order valence-electron chi connectivity index (χ2n) is 4.28. The Hall–Kier alpha value is -0.670. The first-order valence-electron chi connectivity index (χ1n) is 6.46. The van der Waals surface area contributed by atoms with Gasteiger partial charge in [-0.3, -0.25) is 0 Å². The SMILES string of the molecule is CCN(CC)P1(=Nc2ccccc2)OCC(C)O1. The molecule has 1 fully saturated rings. The number of hydrogen-bond acceptors (Lipinski definition) is 3. The van der Waals surface area contributed by atoms with Crippen LogP contribution in [0.5, 0.6) is 0 Å². The van der Waals surface area contributed by atoms with Gasteiger partial charge in [-0.25, -0.2) is 9.42 Å². The predicted octanol–water partition coefficient (Wildman–Crippen LogP) is 4.04. The summed E-state index contributed by atoms with van der Waals surface area (Å²) in [6.07, 6.45) is 0.117. The van der Waals surface area contributed by atoms with Crippen LogP contribution in [-0.2, 0) is 9.05 Å². The van der Waals surface area contributed by atoms with E-state index in [1.807, 2.05) is 37.3 Å². The highest BCUT2D eigenvalue weighted by Crippen LogP contribution is 2.61. The molecule has 0 amide bonds. The lowest BCUT2D eigenvalue weighted by molar-refractivity contribution is 0.254. The molecule has 1 aromatic rings. The zero-order valence-electron chi connectivity index (χ0n) is 11.2. The van der Waals surface area contributed by atoms with Gasteiger partial charge < -0.3 is 9.05 Å². The summed E-state index contributed by atoms with van der Waals surface area (Å²) < 4.78 is 19.0. The summed E-state index contributed by atoms with van der Waals surface area (Å²) >= 11 is 0. The number of hydrogen-bond donors (Lipinski definition) is 0. The molecule has 2 rings (SSSR count). The fourth-order valence-electron chi connectivity index (χ4n) is 1.98. The van der Waals surface area contributed by atoms with E-state index >= 15 is 0 Å². The lowest BCUT2D eigenvalue weighted by Gasteiger charge is -2.28. The normalized spacial score (nSPS) is 27.7. The molecule has 2 atom stereocenters. The van der Waals surface area contributed by atoms with Crippen molar-refractivity contribution in [1.82, 2.24) is 4.67 Å². The molecule has 2 unspecified atom stereocenters. The van der Waals surface area contributed by atoms with Crippen LogP contribution in [0.4, 0.5) is 5.69 Å². The smallest absolute Gasteiger partial charge is 0.295 e. The minimum atomic E-state index is -2.28. The van der Waals surface area contributed by atoms with E-state index in [4.69, 9.17) is 13.8 Å². The fourth-order valence-corrected chi connectivity index (χ4v) is 4.65. The highest BCUT2D eigenvalue weighted by molar-refractivity contribution is 7.54. The molecule has 1 aliphatic heterocycles. The van der Waals surface area contributed by atoms with Crippen LogP contribution in [0, 0.1) is 0 Å². The summed E-state index contributed by atoms with van der Waals surface area (Å²) in [6, 6.07) is 9.93. The third-order valence-electron chi connectivity index (χ3n) is 2.88. The number of rotatable bonds is 4. The number of nitrogens with zero attached hydrogens (tertiary/aromatic N) is 2. The third-order valence-corrected chi connectivity index (χ3v) is 5.76. The first kappa shape index (κ1) is 13.8. The van der Waals surface area contributed by atoms with Crippen LogP contribution in [0.2, 0.25) is 0 Å². The predicted molar refractivity (Wildman–Crippen MR) is 74.9 cm³/mol. The topological polar surface area (TPSA) is 34.1 Å². The molecule has 0 aromatic heterocycles. The van der Waals surface area contributed by atoms with Gasteiger partial charge in [-0.2, -0.15) is 0 Å². The van der Waals surface area contributed by atoms with Crippen LogP contribution in [0.15, 0.2) is 35.1 Å². The van der Waals surface area contributed by atoms with Crippen LogP contribution in [0.25, 0.3) is 0 Å². The maximum Gasteiger partial charge on any atom is 0.295 e. The maximum atomic E-state index is 6.04. The van der Waals surface area contributed by atoms with E-state index in [1.165, 1.54) is 0 Å². The molecule has 0 bridgehead atoms. The molecule has 1 saturated heterocycles. The lowest BCUT2D eigenvalue weighted by atomic mass is 10.3. The van der Waals surface area contributed by atoms with Crippen molar-refractivity contribution < 1.29 is 9.05 Å². The van der Waals surface area contributed by atoms with E-state index in [1.54, 1.807) is 0 Å². The first-order chi connectivity index (χ1) is 8.70. The summed E-state index contributed by atoms with van der Waals surface area (Å²) in [5.74, 6) is 0. The zero-order chi connectivity index (χ0) is 13.0. The third kappa shape index (κ3) is 2.83. The van der Waals surface area contributed by atoms with Crippen molar-refractivity contribution >= 4 is 13.3 Å². The van der Waals surface area contributed by atoms with E-state index in [9.17, 15) is 0 Å². The Bertz CT molecular complexity index is 432. The highest BCUT2D eigenvalue weighted by Gasteiger charge is 2.37. The lowest BCUT2D eigenvalue weighted by Crippen LogP contribution is -2.20. The van der Waals surface area contributed by atoms with Gasteiger partial charge in [-0.1, -0.05) is 32.0 Å². The molecule has 0 aliphatic carbocycles. The molecule has 5 heteroatoms. The van der Waals surface area contributed by atoms with Crippen LogP contribution >= 0.6 is 7.66 Å². The van der Waals surface area contributed by atoms with Crippen molar-refractivity contribution in [2.24, 2.45) is 4.74 Å². The van der Waals surface area contributed by atoms with Gasteiger partial charge in [0.2, 0.25) is 0 Å².